The molecule has 0 aliphatic heterocycles. The van der Waals surface area contributed by atoms with Gasteiger partial charge in [0.2, 0.25) is 0 Å². The lowest BCUT2D eigenvalue weighted by Gasteiger charge is -2.10. The number of aromatic nitrogens is 1. The largest absolute Gasteiger partial charge is 0.449 e. The number of amides is 1. The standard InChI is InChI=1S/C9H12BrN3O4S/c1-3-17-9(14)13-18(15,16)12-8-6(2)4-7(10)5-11-8/h4-5H,3H2,1-2H3,(H,11,12)(H,13,14). The molecule has 0 saturated carbocycles. The number of hydrogen-bond donors (Lipinski definition) is 2. The van der Waals surface area contributed by atoms with Gasteiger partial charge in [-0.2, -0.15) is 8.42 Å². The zero-order valence-corrected chi connectivity index (χ0v) is 12.1. The molecule has 0 radical (unpaired) electrons. The second-order valence-corrected chi connectivity index (χ2v) is 5.58. The van der Waals surface area contributed by atoms with Crippen LogP contribution in [0.2, 0.25) is 0 Å². The summed E-state index contributed by atoms with van der Waals surface area (Å²) in [6.07, 6.45) is 0.398. The predicted octanol–water partition coefficient (Wildman–Crippen LogP) is 1.56. The molecule has 0 unspecified atom stereocenters. The van der Waals surface area contributed by atoms with E-state index in [0.29, 0.717) is 5.56 Å². The number of nitrogens with zero attached hydrogens (tertiary/aromatic N) is 1. The molecule has 0 spiro atoms. The lowest BCUT2D eigenvalue weighted by atomic mass is 10.3. The van der Waals surface area contributed by atoms with E-state index >= 15 is 0 Å². The molecule has 0 aliphatic carbocycles. The summed E-state index contributed by atoms with van der Waals surface area (Å²) in [4.78, 5) is 14.9. The molecule has 9 heteroatoms. The van der Waals surface area contributed by atoms with Crippen LogP contribution in [0.3, 0.4) is 0 Å². The second-order valence-electron chi connectivity index (χ2n) is 3.25. The van der Waals surface area contributed by atoms with Crippen LogP contribution in [0.25, 0.3) is 0 Å². The van der Waals surface area contributed by atoms with Gasteiger partial charge in [0.05, 0.1) is 6.61 Å². The Morgan fingerprint density at radius 2 is 2.22 bits per heavy atom. The van der Waals surface area contributed by atoms with Crippen molar-refractivity contribution in [3.05, 3.63) is 22.3 Å². The molecule has 1 amide bonds. The molecule has 0 aromatic carbocycles. The van der Waals surface area contributed by atoms with Crippen LogP contribution in [-0.4, -0.2) is 26.1 Å². The highest BCUT2D eigenvalue weighted by atomic mass is 79.9. The summed E-state index contributed by atoms with van der Waals surface area (Å²) < 4.78 is 32.1. The first-order valence-electron chi connectivity index (χ1n) is 4.93. The quantitative estimate of drug-likeness (QED) is 0.868. The summed E-state index contributed by atoms with van der Waals surface area (Å²) in [7, 11) is -4.04. The fourth-order valence-electron chi connectivity index (χ4n) is 1.07. The molecule has 0 bridgehead atoms. The first-order valence-corrected chi connectivity index (χ1v) is 7.21. The fraction of sp³-hybridized carbons (Fsp3) is 0.333. The van der Waals surface area contributed by atoms with Gasteiger partial charge in [0, 0.05) is 10.7 Å². The number of nitrogens with one attached hydrogen (secondary N) is 2. The Bertz CT molecular complexity index is 547. The van der Waals surface area contributed by atoms with Crippen molar-refractivity contribution >= 4 is 38.1 Å². The number of carbonyl (C=O) groups excluding carboxylic acids is 1. The fourth-order valence-corrected chi connectivity index (χ4v) is 2.31. The molecule has 2 N–H and O–H groups in total. The molecule has 0 fully saturated rings. The average molecular weight is 338 g/mol. The Hall–Kier alpha value is -1.35. The highest BCUT2D eigenvalue weighted by molar-refractivity contribution is 9.10. The highest BCUT2D eigenvalue weighted by Gasteiger charge is 2.16. The van der Waals surface area contributed by atoms with Crippen LogP contribution < -0.4 is 9.44 Å². The van der Waals surface area contributed by atoms with E-state index in [4.69, 9.17) is 0 Å². The normalized spacial score (nSPS) is 10.8. The predicted molar refractivity (Wildman–Crippen MR) is 69.4 cm³/mol. The topological polar surface area (TPSA) is 97.4 Å². The maximum absolute atomic E-state index is 11.5. The van der Waals surface area contributed by atoms with E-state index in [0.717, 1.165) is 4.47 Å². The Kier molecular flexibility index (Phi) is 4.91. The van der Waals surface area contributed by atoms with Crippen LogP contribution in [0.4, 0.5) is 10.6 Å². The number of anilines is 1. The molecule has 1 aromatic heterocycles. The molecular formula is C9H12BrN3O4S. The summed E-state index contributed by atoms with van der Waals surface area (Å²) in [6, 6.07) is 1.69. The smallest absolute Gasteiger partial charge is 0.422 e. The summed E-state index contributed by atoms with van der Waals surface area (Å²) in [5, 5.41) is 0. The number of carbonyl (C=O) groups is 1. The van der Waals surface area contributed by atoms with Gasteiger partial charge < -0.3 is 4.74 Å². The second kappa shape index (κ2) is 6.01. The Labute approximate surface area is 113 Å². The van der Waals surface area contributed by atoms with Gasteiger partial charge in [-0.3, -0.25) is 0 Å². The summed E-state index contributed by atoms with van der Waals surface area (Å²) in [5.41, 5.74) is 0.610. The molecule has 7 nitrogen and oxygen atoms in total. The van der Waals surface area contributed by atoms with Gasteiger partial charge in [0.1, 0.15) is 5.82 Å². The van der Waals surface area contributed by atoms with Crippen molar-refractivity contribution in [3.63, 3.8) is 0 Å². The van der Waals surface area contributed by atoms with Crippen molar-refractivity contribution < 1.29 is 17.9 Å². The van der Waals surface area contributed by atoms with E-state index in [9.17, 15) is 13.2 Å². The van der Waals surface area contributed by atoms with Gasteiger partial charge in [-0.05, 0) is 41.4 Å². The molecule has 1 aromatic rings. The van der Waals surface area contributed by atoms with Gasteiger partial charge in [-0.15, -0.1) is 0 Å². The minimum atomic E-state index is -4.04. The Morgan fingerprint density at radius 3 is 2.78 bits per heavy atom. The van der Waals surface area contributed by atoms with Gasteiger partial charge in [0.25, 0.3) is 0 Å². The van der Waals surface area contributed by atoms with Crippen LogP contribution in [0.1, 0.15) is 12.5 Å². The number of aryl methyl sites for hydroxylation is 1. The van der Waals surface area contributed by atoms with Gasteiger partial charge >= 0.3 is 16.3 Å². The molecule has 0 atom stereocenters. The van der Waals surface area contributed by atoms with Crippen molar-refractivity contribution in [2.75, 3.05) is 11.3 Å². The Balaban J connectivity index is 2.79. The lowest BCUT2D eigenvalue weighted by Crippen LogP contribution is -2.36. The SMILES string of the molecule is CCOC(=O)NS(=O)(=O)Nc1ncc(Br)cc1C. The van der Waals surface area contributed by atoms with Gasteiger partial charge in [-0.1, -0.05) is 0 Å². The van der Waals surface area contributed by atoms with E-state index in [2.05, 4.69) is 30.4 Å². The first kappa shape index (κ1) is 14.7. The van der Waals surface area contributed by atoms with E-state index in [1.165, 1.54) is 6.20 Å². The van der Waals surface area contributed by atoms with E-state index < -0.39 is 16.3 Å². The Morgan fingerprint density at radius 1 is 1.56 bits per heavy atom. The van der Waals surface area contributed by atoms with Crippen LogP contribution >= 0.6 is 15.9 Å². The highest BCUT2D eigenvalue weighted by Crippen LogP contribution is 2.17. The van der Waals surface area contributed by atoms with Crippen molar-refractivity contribution in [3.8, 4) is 0 Å². The minimum absolute atomic E-state index is 0.0803. The molecule has 100 valence electrons. The van der Waals surface area contributed by atoms with Crippen LogP contribution in [0, 0.1) is 6.92 Å². The first-order chi connectivity index (χ1) is 8.34. The van der Waals surface area contributed by atoms with Crippen molar-refractivity contribution in [2.24, 2.45) is 0 Å². The summed E-state index contributed by atoms with van der Waals surface area (Å²) >= 11 is 3.21. The average Bonchev–Trinajstić information content (AvgIpc) is 2.21. The molecule has 0 saturated heterocycles. The maximum atomic E-state index is 11.5. The summed E-state index contributed by atoms with van der Waals surface area (Å²) in [6.45, 7) is 3.33. The third-order valence-corrected chi connectivity index (χ3v) is 3.10. The van der Waals surface area contributed by atoms with Crippen LogP contribution in [0.5, 0.6) is 0 Å². The monoisotopic (exact) mass is 337 g/mol. The maximum Gasteiger partial charge on any atom is 0.422 e. The zero-order chi connectivity index (χ0) is 13.8. The van der Waals surface area contributed by atoms with Crippen molar-refractivity contribution in [1.82, 2.24) is 9.71 Å². The third-order valence-electron chi connectivity index (χ3n) is 1.77. The molecular weight excluding hydrogens is 326 g/mol. The van der Waals surface area contributed by atoms with Gasteiger partial charge in [0.15, 0.2) is 0 Å². The molecule has 1 heterocycles. The number of halogens is 1. The van der Waals surface area contributed by atoms with Crippen molar-refractivity contribution in [2.45, 2.75) is 13.8 Å². The third kappa shape index (κ3) is 4.49. The zero-order valence-electron chi connectivity index (χ0n) is 9.73. The summed E-state index contributed by atoms with van der Waals surface area (Å²) in [5.74, 6) is 0.134. The van der Waals surface area contributed by atoms with Crippen LogP contribution in [-0.2, 0) is 14.9 Å². The van der Waals surface area contributed by atoms with Crippen molar-refractivity contribution in [1.29, 1.82) is 0 Å². The molecule has 18 heavy (non-hydrogen) atoms. The molecule has 1 rings (SSSR count). The van der Waals surface area contributed by atoms with Crippen LogP contribution in [0.15, 0.2) is 16.7 Å². The van der Waals surface area contributed by atoms with Gasteiger partial charge in [-0.25, -0.2) is 19.2 Å². The number of hydrogen-bond acceptors (Lipinski definition) is 5. The molecule has 0 aliphatic rings. The van der Waals surface area contributed by atoms with E-state index in [1.807, 2.05) is 0 Å². The lowest BCUT2D eigenvalue weighted by molar-refractivity contribution is 0.159. The minimum Gasteiger partial charge on any atom is -0.449 e. The van der Waals surface area contributed by atoms with E-state index in [1.54, 1.807) is 24.6 Å². The number of rotatable bonds is 4. The van der Waals surface area contributed by atoms with E-state index in [-0.39, 0.29) is 12.4 Å². The number of pyridine rings is 1. The number of ether oxygens (including phenoxy) is 1.